The van der Waals surface area contributed by atoms with E-state index in [1.165, 1.54) is 0 Å². The van der Waals surface area contributed by atoms with Crippen molar-refractivity contribution in [2.45, 2.75) is 38.4 Å². The van der Waals surface area contributed by atoms with Crippen LogP contribution < -0.4 is 5.32 Å². The van der Waals surface area contributed by atoms with Gasteiger partial charge in [-0.2, -0.15) is 28.8 Å². The van der Waals surface area contributed by atoms with E-state index in [9.17, 15) is 8.42 Å². The number of piperidine rings is 1. The first-order valence-electron chi connectivity index (χ1n) is 8.11. The molecule has 2 heterocycles. The molecule has 2 fully saturated rings. The zero-order valence-electron chi connectivity index (χ0n) is 13.3. The second kappa shape index (κ2) is 8.15. The summed E-state index contributed by atoms with van der Waals surface area (Å²) in [6.07, 6.45) is 3.24. The molecular weight excluding hydrogens is 306 g/mol. The van der Waals surface area contributed by atoms with Crippen LogP contribution >= 0.6 is 11.8 Å². The van der Waals surface area contributed by atoms with Crippen LogP contribution in [0.4, 0.5) is 0 Å². The molecule has 2 aliphatic heterocycles. The number of thioether (sulfide) groups is 1. The second-order valence-corrected chi connectivity index (χ2v) is 9.59. The minimum atomic E-state index is -3.26. The molecule has 124 valence electrons. The third-order valence-corrected chi connectivity index (χ3v) is 7.30. The number of rotatable bonds is 6. The summed E-state index contributed by atoms with van der Waals surface area (Å²) in [5.74, 6) is 1.37. The molecule has 2 unspecified atom stereocenters. The Morgan fingerprint density at radius 1 is 1.24 bits per heavy atom. The monoisotopic (exact) mass is 335 g/mol. The van der Waals surface area contributed by atoms with Crippen molar-refractivity contribution in [3.63, 3.8) is 0 Å². The van der Waals surface area contributed by atoms with Crippen LogP contribution in [-0.4, -0.2) is 67.3 Å². The standard InChI is InChI=1S/C14H29N3O2S2/c1-3-6-15-10-14-5-4-7-16(12-14)21(18,19)17-8-9-20-13(2)11-17/h13-15H,3-12H2,1-2H3. The molecule has 5 nitrogen and oxygen atoms in total. The SMILES string of the molecule is CCCNCC1CCCN(S(=O)(=O)N2CCSC(C)C2)C1. The fourth-order valence-corrected chi connectivity index (χ4v) is 6.09. The molecule has 7 heteroatoms. The topological polar surface area (TPSA) is 52.7 Å². The number of hydrogen-bond acceptors (Lipinski definition) is 4. The number of nitrogens with zero attached hydrogens (tertiary/aromatic N) is 2. The summed E-state index contributed by atoms with van der Waals surface area (Å²) < 4.78 is 29.0. The van der Waals surface area contributed by atoms with Crippen LogP contribution in [0, 0.1) is 5.92 Å². The molecule has 1 N–H and O–H groups in total. The molecule has 0 saturated carbocycles. The Hall–Kier alpha value is 0.180. The molecule has 2 rings (SSSR count). The van der Waals surface area contributed by atoms with Gasteiger partial charge >= 0.3 is 0 Å². The van der Waals surface area contributed by atoms with Crippen molar-refractivity contribution < 1.29 is 8.42 Å². The van der Waals surface area contributed by atoms with Gasteiger partial charge in [-0.25, -0.2) is 0 Å². The van der Waals surface area contributed by atoms with Crippen molar-refractivity contribution in [3.05, 3.63) is 0 Å². The summed E-state index contributed by atoms with van der Waals surface area (Å²) >= 11 is 1.86. The molecule has 0 spiro atoms. The molecule has 2 saturated heterocycles. The Balaban J connectivity index is 1.92. The van der Waals surface area contributed by atoms with E-state index < -0.39 is 10.2 Å². The van der Waals surface area contributed by atoms with Gasteiger partial charge in [0.25, 0.3) is 10.2 Å². The highest BCUT2D eigenvalue weighted by molar-refractivity contribution is 8.00. The highest BCUT2D eigenvalue weighted by Gasteiger charge is 2.35. The summed E-state index contributed by atoms with van der Waals surface area (Å²) in [4.78, 5) is 0. The van der Waals surface area contributed by atoms with Gasteiger partial charge in [0.2, 0.25) is 0 Å². The molecule has 2 aliphatic rings. The normalized spacial score (nSPS) is 29.6. The van der Waals surface area contributed by atoms with E-state index in [1.807, 2.05) is 11.8 Å². The smallest absolute Gasteiger partial charge is 0.282 e. The summed E-state index contributed by atoms with van der Waals surface area (Å²) in [6.45, 7) is 8.90. The van der Waals surface area contributed by atoms with E-state index >= 15 is 0 Å². The maximum atomic E-state index is 12.8. The maximum absolute atomic E-state index is 12.8. The van der Waals surface area contributed by atoms with Crippen molar-refractivity contribution in [1.82, 2.24) is 13.9 Å². The molecule has 0 aromatic carbocycles. The van der Waals surface area contributed by atoms with Crippen molar-refractivity contribution in [2.24, 2.45) is 5.92 Å². The summed E-state index contributed by atoms with van der Waals surface area (Å²) in [5, 5.41) is 3.83. The van der Waals surface area contributed by atoms with Gasteiger partial charge in [-0.05, 0) is 38.3 Å². The third-order valence-electron chi connectivity index (χ3n) is 4.20. The predicted octanol–water partition coefficient (Wildman–Crippen LogP) is 1.38. The zero-order chi connectivity index (χ0) is 15.3. The first-order valence-corrected chi connectivity index (χ1v) is 10.6. The van der Waals surface area contributed by atoms with Crippen LogP contribution in [0.5, 0.6) is 0 Å². The van der Waals surface area contributed by atoms with E-state index in [4.69, 9.17) is 0 Å². The fraction of sp³-hybridized carbons (Fsp3) is 1.00. The van der Waals surface area contributed by atoms with Crippen LogP contribution in [0.15, 0.2) is 0 Å². The minimum absolute atomic E-state index is 0.403. The third kappa shape index (κ3) is 4.82. The summed E-state index contributed by atoms with van der Waals surface area (Å²) in [6, 6.07) is 0. The van der Waals surface area contributed by atoms with Gasteiger partial charge in [0.1, 0.15) is 0 Å². The van der Waals surface area contributed by atoms with E-state index in [0.29, 0.717) is 37.3 Å². The zero-order valence-corrected chi connectivity index (χ0v) is 14.9. The molecule has 21 heavy (non-hydrogen) atoms. The van der Waals surface area contributed by atoms with Crippen LogP contribution in [0.1, 0.15) is 33.1 Å². The van der Waals surface area contributed by atoms with Crippen molar-refractivity contribution >= 4 is 22.0 Å². The lowest BCUT2D eigenvalue weighted by molar-refractivity contribution is 0.242. The molecule has 0 radical (unpaired) electrons. The Bertz CT molecular complexity index is 416. The highest BCUT2D eigenvalue weighted by atomic mass is 32.2. The van der Waals surface area contributed by atoms with Gasteiger partial charge in [-0.3, -0.25) is 0 Å². The second-order valence-electron chi connectivity index (χ2n) is 6.12. The van der Waals surface area contributed by atoms with Gasteiger partial charge < -0.3 is 5.32 Å². The lowest BCUT2D eigenvalue weighted by atomic mass is 10.00. The van der Waals surface area contributed by atoms with Gasteiger partial charge in [-0.1, -0.05) is 13.8 Å². The summed E-state index contributed by atoms with van der Waals surface area (Å²) in [5.41, 5.74) is 0. The number of nitrogens with one attached hydrogen (secondary N) is 1. The Morgan fingerprint density at radius 2 is 2.00 bits per heavy atom. The molecule has 0 bridgehead atoms. The molecular formula is C14H29N3O2S2. The predicted molar refractivity (Wildman–Crippen MR) is 89.9 cm³/mol. The lowest BCUT2D eigenvalue weighted by Crippen LogP contribution is -2.52. The first-order chi connectivity index (χ1) is 10.0. The van der Waals surface area contributed by atoms with Crippen LogP contribution in [-0.2, 0) is 10.2 Å². The largest absolute Gasteiger partial charge is 0.316 e. The van der Waals surface area contributed by atoms with Gasteiger partial charge in [0, 0.05) is 37.2 Å². The fourth-order valence-electron chi connectivity index (χ4n) is 3.05. The van der Waals surface area contributed by atoms with Crippen molar-refractivity contribution in [2.75, 3.05) is 45.0 Å². The van der Waals surface area contributed by atoms with E-state index in [0.717, 1.165) is 38.1 Å². The van der Waals surface area contributed by atoms with E-state index in [1.54, 1.807) is 8.61 Å². The van der Waals surface area contributed by atoms with Gasteiger partial charge in [0.05, 0.1) is 0 Å². The van der Waals surface area contributed by atoms with Gasteiger partial charge in [-0.15, -0.1) is 0 Å². The first kappa shape index (κ1) is 17.5. The average Bonchev–Trinajstić information content (AvgIpc) is 2.48. The Kier molecular flexibility index (Phi) is 6.80. The lowest BCUT2D eigenvalue weighted by Gasteiger charge is -2.38. The van der Waals surface area contributed by atoms with Crippen LogP contribution in [0.25, 0.3) is 0 Å². The molecule has 0 amide bonds. The van der Waals surface area contributed by atoms with Crippen molar-refractivity contribution in [3.8, 4) is 0 Å². The van der Waals surface area contributed by atoms with E-state index in [-0.39, 0.29) is 0 Å². The van der Waals surface area contributed by atoms with Crippen LogP contribution in [0.2, 0.25) is 0 Å². The Morgan fingerprint density at radius 3 is 2.71 bits per heavy atom. The van der Waals surface area contributed by atoms with Gasteiger partial charge in [0.15, 0.2) is 0 Å². The quantitative estimate of drug-likeness (QED) is 0.745. The van der Waals surface area contributed by atoms with Crippen LogP contribution in [0.3, 0.4) is 0 Å². The molecule has 2 atom stereocenters. The Labute approximate surface area is 134 Å². The molecule has 0 aromatic rings. The number of hydrogen-bond donors (Lipinski definition) is 1. The molecule has 0 aliphatic carbocycles. The molecule has 0 aromatic heterocycles. The van der Waals surface area contributed by atoms with E-state index in [2.05, 4.69) is 19.2 Å². The highest BCUT2D eigenvalue weighted by Crippen LogP contribution is 2.25. The van der Waals surface area contributed by atoms with Crippen molar-refractivity contribution in [1.29, 1.82) is 0 Å². The minimum Gasteiger partial charge on any atom is -0.316 e. The summed E-state index contributed by atoms with van der Waals surface area (Å²) in [7, 11) is -3.26. The maximum Gasteiger partial charge on any atom is 0.282 e. The average molecular weight is 336 g/mol.